The third-order valence-electron chi connectivity index (χ3n) is 8.03. The topological polar surface area (TPSA) is 105 Å². The maximum Gasteiger partial charge on any atom is 0.264 e. The summed E-state index contributed by atoms with van der Waals surface area (Å²) in [4.78, 5) is 30.5. The van der Waals surface area contributed by atoms with Gasteiger partial charge in [-0.1, -0.05) is 18.2 Å². The molecule has 39 heavy (non-hydrogen) atoms. The van der Waals surface area contributed by atoms with E-state index in [4.69, 9.17) is 0 Å². The lowest BCUT2D eigenvalue weighted by Crippen LogP contribution is -2.48. The van der Waals surface area contributed by atoms with E-state index in [-0.39, 0.29) is 22.8 Å². The van der Waals surface area contributed by atoms with E-state index in [1.54, 1.807) is 23.3 Å². The largest absolute Gasteiger partial charge is 0.336 e. The number of hydrogen-bond acceptors (Lipinski definition) is 7. The standard InChI is InChI=1S/C28H32N6O4S/c1-18-26(28(36)32-14-12-31(3)13-15-32)19(2)33(30-18)17-23-22-16-21(8-9-24(22)29-27(23)35)39(37,38)34-11-10-20-6-4-5-7-25(20)34/h4-9,16-17,19,30H,10-15H2,1-3H3,(H,29,35)/b23-17-. The molecule has 0 radical (unpaired) electrons. The summed E-state index contributed by atoms with van der Waals surface area (Å²) in [7, 11) is -1.78. The first-order valence-electron chi connectivity index (χ1n) is 13.2. The van der Waals surface area contributed by atoms with E-state index >= 15 is 0 Å². The van der Waals surface area contributed by atoms with Crippen molar-refractivity contribution >= 4 is 38.8 Å². The fraction of sp³-hybridized carbons (Fsp3) is 0.357. The van der Waals surface area contributed by atoms with Gasteiger partial charge in [-0.15, -0.1) is 0 Å². The van der Waals surface area contributed by atoms with Crippen molar-refractivity contribution in [2.24, 2.45) is 0 Å². The molecule has 204 valence electrons. The number of benzene rings is 2. The van der Waals surface area contributed by atoms with Crippen LogP contribution in [0.5, 0.6) is 0 Å². The molecule has 11 heteroatoms. The van der Waals surface area contributed by atoms with Crippen LogP contribution in [0.4, 0.5) is 11.4 Å². The fourth-order valence-corrected chi connectivity index (χ4v) is 7.28. The van der Waals surface area contributed by atoms with Crippen LogP contribution in [0.3, 0.4) is 0 Å². The zero-order valence-corrected chi connectivity index (χ0v) is 23.1. The molecule has 6 rings (SSSR count). The molecule has 2 aromatic rings. The molecule has 0 bridgehead atoms. The quantitative estimate of drug-likeness (QED) is 0.563. The molecule has 4 heterocycles. The molecule has 1 atom stereocenters. The molecule has 1 fully saturated rings. The van der Waals surface area contributed by atoms with E-state index in [1.807, 2.05) is 50.1 Å². The Morgan fingerprint density at radius 1 is 1.05 bits per heavy atom. The van der Waals surface area contributed by atoms with Crippen LogP contribution in [-0.4, -0.2) is 80.9 Å². The highest BCUT2D eigenvalue weighted by molar-refractivity contribution is 7.92. The number of fused-ring (bicyclic) bond motifs is 2. The number of likely N-dealkylation sites (N-methyl/N-ethyl adjacent to an activating group) is 1. The number of rotatable bonds is 4. The van der Waals surface area contributed by atoms with Crippen molar-refractivity contribution in [2.45, 2.75) is 31.2 Å². The molecule has 2 amide bonds. The van der Waals surface area contributed by atoms with Crippen molar-refractivity contribution in [3.8, 4) is 0 Å². The van der Waals surface area contributed by atoms with Crippen molar-refractivity contribution in [2.75, 3.05) is 49.4 Å². The minimum atomic E-state index is -3.82. The predicted octanol–water partition coefficient (Wildman–Crippen LogP) is 1.99. The number of allylic oxidation sites excluding steroid dienone is 1. The number of anilines is 2. The number of sulfonamides is 1. The van der Waals surface area contributed by atoms with Gasteiger partial charge in [0, 0.05) is 55.9 Å². The van der Waals surface area contributed by atoms with Crippen LogP contribution in [0.1, 0.15) is 25.0 Å². The number of para-hydroxylation sites is 1. The van der Waals surface area contributed by atoms with Gasteiger partial charge in [-0.3, -0.25) is 18.9 Å². The zero-order valence-electron chi connectivity index (χ0n) is 22.3. The van der Waals surface area contributed by atoms with Crippen molar-refractivity contribution in [3.63, 3.8) is 0 Å². The van der Waals surface area contributed by atoms with Gasteiger partial charge in [0.15, 0.2) is 0 Å². The number of piperazine rings is 1. The Bertz CT molecular complexity index is 1540. The monoisotopic (exact) mass is 548 g/mol. The molecule has 1 saturated heterocycles. The second-order valence-corrected chi connectivity index (χ2v) is 12.4. The molecule has 1 unspecified atom stereocenters. The fourth-order valence-electron chi connectivity index (χ4n) is 5.75. The van der Waals surface area contributed by atoms with Crippen molar-refractivity contribution in [1.29, 1.82) is 0 Å². The average Bonchev–Trinajstić information content (AvgIpc) is 3.57. The Labute approximate surface area is 228 Å². The molecule has 0 aromatic heterocycles. The lowest BCUT2D eigenvalue weighted by atomic mass is 10.1. The summed E-state index contributed by atoms with van der Waals surface area (Å²) < 4.78 is 28.7. The van der Waals surface area contributed by atoms with Crippen molar-refractivity contribution in [1.82, 2.24) is 20.2 Å². The number of nitrogens with one attached hydrogen (secondary N) is 2. The number of nitrogens with zero attached hydrogens (tertiary/aromatic N) is 4. The molecule has 4 aliphatic heterocycles. The number of hydrazine groups is 1. The normalized spacial score (nSPS) is 22.3. The molecule has 0 aliphatic carbocycles. The van der Waals surface area contributed by atoms with E-state index in [1.165, 1.54) is 10.4 Å². The summed E-state index contributed by atoms with van der Waals surface area (Å²) in [5, 5.41) is 4.59. The van der Waals surface area contributed by atoms with Gasteiger partial charge in [0.2, 0.25) is 0 Å². The summed E-state index contributed by atoms with van der Waals surface area (Å²) in [5.74, 6) is -0.325. The Balaban J connectivity index is 1.28. The second kappa shape index (κ2) is 9.42. The van der Waals surface area contributed by atoms with E-state index < -0.39 is 10.0 Å². The summed E-state index contributed by atoms with van der Waals surface area (Å²) in [6.45, 7) is 7.17. The smallest absolute Gasteiger partial charge is 0.264 e. The Morgan fingerprint density at radius 3 is 2.56 bits per heavy atom. The van der Waals surface area contributed by atoms with Gasteiger partial charge < -0.3 is 20.5 Å². The van der Waals surface area contributed by atoms with Gasteiger partial charge >= 0.3 is 0 Å². The van der Waals surface area contributed by atoms with E-state index in [2.05, 4.69) is 15.6 Å². The second-order valence-electron chi connectivity index (χ2n) is 10.5. The third kappa shape index (κ3) is 4.25. The molecular weight excluding hydrogens is 516 g/mol. The average molecular weight is 549 g/mol. The first-order valence-corrected chi connectivity index (χ1v) is 14.6. The molecule has 0 saturated carbocycles. The summed E-state index contributed by atoms with van der Waals surface area (Å²) in [6, 6.07) is 11.9. The highest BCUT2D eigenvalue weighted by atomic mass is 32.2. The van der Waals surface area contributed by atoms with E-state index in [0.717, 1.165) is 24.4 Å². The number of carbonyl (C=O) groups is 2. The highest BCUT2D eigenvalue weighted by Gasteiger charge is 2.37. The Hall–Kier alpha value is -3.83. The molecule has 2 aromatic carbocycles. The lowest BCUT2D eigenvalue weighted by Gasteiger charge is -2.33. The predicted molar refractivity (Wildman–Crippen MR) is 149 cm³/mol. The third-order valence-corrected chi connectivity index (χ3v) is 9.84. The highest BCUT2D eigenvalue weighted by Crippen LogP contribution is 2.38. The maximum absolute atomic E-state index is 13.6. The van der Waals surface area contributed by atoms with Gasteiger partial charge in [-0.25, -0.2) is 8.42 Å². The summed E-state index contributed by atoms with van der Waals surface area (Å²) in [5.41, 5.74) is 7.73. The first-order chi connectivity index (χ1) is 18.6. The molecule has 10 nitrogen and oxygen atoms in total. The number of carbonyl (C=O) groups excluding carboxylic acids is 2. The van der Waals surface area contributed by atoms with Gasteiger partial charge in [0.05, 0.1) is 27.8 Å². The lowest BCUT2D eigenvalue weighted by molar-refractivity contribution is -0.129. The first kappa shape index (κ1) is 25.4. The van der Waals surface area contributed by atoms with Gasteiger partial charge in [-0.2, -0.15) is 0 Å². The Kier molecular flexibility index (Phi) is 6.15. The zero-order chi connectivity index (χ0) is 27.5. The molecule has 0 spiro atoms. The van der Waals surface area contributed by atoms with Gasteiger partial charge in [-0.05, 0) is 57.1 Å². The minimum Gasteiger partial charge on any atom is -0.336 e. The maximum atomic E-state index is 13.6. The summed E-state index contributed by atoms with van der Waals surface area (Å²) in [6.07, 6.45) is 2.33. The van der Waals surface area contributed by atoms with Crippen LogP contribution in [0.15, 0.2) is 64.8 Å². The minimum absolute atomic E-state index is 0.00273. The van der Waals surface area contributed by atoms with Crippen LogP contribution in [0.25, 0.3) is 5.57 Å². The van der Waals surface area contributed by atoms with E-state index in [0.29, 0.717) is 54.1 Å². The molecular formula is C28H32N6O4S. The molecule has 2 N–H and O–H groups in total. The summed E-state index contributed by atoms with van der Waals surface area (Å²) >= 11 is 0. The van der Waals surface area contributed by atoms with Crippen LogP contribution in [-0.2, 0) is 26.0 Å². The van der Waals surface area contributed by atoms with Gasteiger partial charge in [0.1, 0.15) is 0 Å². The van der Waals surface area contributed by atoms with E-state index in [9.17, 15) is 18.0 Å². The molecule has 4 aliphatic rings. The van der Waals surface area contributed by atoms with Crippen molar-refractivity contribution in [3.05, 3.63) is 71.1 Å². The van der Waals surface area contributed by atoms with Gasteiger partial charge in [0.25, 0.3) is 21.8 Å². The van der Waals surface area contributed by atoms with Crippen LogP contribution in [0, 0.1) is 0 Å². The number of amides is 2. The Morgan fingerprint density at radius 2 is 1.79 bits per heavy atom. The SMILES string of the molecule is CC1=C(C(=O)N2CCN(C)CC2)C(C)N(/C=C2\C(=O)Nc3ccc(S(=O)(=O)N4CCc5ccccc54)cc32)N1. The van der Waals surface area contributed by atoms with Crippen LogP contribution < -0.4 is 15.0 Å². The van der Waals surface area contributed by atoms with Crippen molar-refractivity contribution < 1.29 is 18.0 Å². The van der Waals surface area contributed by atoms with Crippen LogP contribution >= 0.6 is 0 Å². The number of hydrogen-bond donors (Lipinski definition) is 2. The van der Waals surface area contributed by atoms with Crippen LogP contribution in [0.2, 0.25) is 0 Å².